The van der Waals surface area contributed by atoms with Gasteiger partial charge in [-0.15, -0.1) is 0 Å². The van der Waals surface area contributed by atoms with Crippen molar-refractivity contribution in [3.05, 3.63) is 70.8 Å². The molecule has 2 aromatic carbocycles. The van der Waals surface area contributed by atoms with Crippen LogP contribution in [0, 0.1) is 19.8 Å². The van der Waals surface area contributed by atoms with Crippen LogP contribution in [0.15, 0.2) is 53.7 Å². The topological polar surface area (TPSA) is 40.0 Å². The predicted octanol–water partition coefficient (Wildman–Crippen LogP) is 6.67. The molecule has 31 heavy (non-hydrogen) atoms. The normalized spacial score (nSPS) is 11.9. The number of hydrogen-bond acceptors (Lipinski definition) is 4. The van der Waals surface area contributed by atoms with E-state index in [-0.39, 0.29) is 0 Å². The molecule has 0 heterocycles. The highest BCUT2D eigenvalue weighted by Gasteiger charge is 2.10. The van der Waals surface area contributed by atoms with Gasteiger partial charge in [-0.25, -0.2) is 0 Å². The van der Waals surface area contributed by atoms with Crippen LogP contribution >= 0.6 is 0 Å². The molecular formula is C27H37NO3. The maximum absolute atomic E-state index is 6.11. The first kappa shape index (κ1) is 24.5. The molecule has 0 atom stereocenters. The number of hydrogen-bond donors (Lipinski definition) is 0. The third-order valence-electron chi connectivity index (χ3n) is 5.08. The van der Waals surface area contributed by atoms with E-state index in [1.165, 1.54) is 5.56 Å². The molecule has 0 fully saturated rings. The molecule has 0 saturated carbocycles. The number of unbranched alkanes of at least 4 members (excludes halogenated alkanes) is 1. The quantitative estimate of drug-likeness (QED) is 0.166. The summed E-state index contributed by atoms with van der Waals surface area (Å²) < 4.78 is 11.9. The van der Waals surface area contributed by atoms with Crippen molar-refractivity contribution >= 4 is 5.71 Å². The van der Waals surface area contributed by atoms with Crippen molar-refractivity contribution in [3.8, 4) is 11.5 Å². The zero-order chi connectivity index (χ0) is 22.6. The fourth-order valence-electron chi connectivity index (χ4n) is 3.54. The van der Waals surface area contributed by atoms with Gasteiger partial charge in [-0.2, -0.15) is 0 Å². The van der Waals surface area contributed by atoms with E-state index in [2.05, 4.69) is 57.1 Å². The highest BCUT2D eigenvalue weighted by molar-refractivity contribution is 6.01. The Kier molecular flexibility index (Phi) is 10.2. The fraction of sp³-hybridized carbons (Fsp3) is 0.444. The zero-order valence-electron chi connectivity index (χ0n) is 19.9. The van der Waals surface area contributed by atoms with Gasteiger partial charge >= 0.3 is 0 Å². The maximum Gasteiger partial charge on any atom is 0.125 e. The van der Waals surface area contributed by atoms with Crippen LogP contribution in [-0.4, -0.2) is 26.0 Å². The Bertz CT molecular complexity index is 861. The minimum absolute atomic E-state index is 0.315. The van der Waals surface area contributed by atoms with E-state index < -0.39 is 0 Å². The number of nitrogens with zero attached hydrogens (tertiary/aromatic N) is 1. The molecule has 0 aromatic heterocycles. The average molecular weight is 424 g/mol. The molecule has 0 aliphatic rings. The van der Waals surface area contributed by atoms with Crippen molar-refractivity contribution in [1.82, 2.24) is 0 Å². The van der Waals surface area contributed by atoms with Gasteiger partial charge in [0.25, 0.3) is 0 Å². The molecule has 0 spiro atoms. The van der Waals surface area contributed by atoms with Crippen LogP contribution in [0.25, 0.3) is 0 Å². The standard InChI is InChI=1S/C27H37NO3/c1-7-8-15-30-25-17-21(4)27(22(5)18-25)31-16-10-9-12-23-13-11-14-24(19-23)26(20(2)3)28-29-6/h7-8,11,13-14,17-20H,9-10,12,15-16H2,1-6H3/b8-7+,28-26?. The molecule has 4 nitrogen and oxygen atoms in total. The number of ether oxygens (including phenoxy) is 2. The van der Waals surface area contributed by atoms with Crippen LogP contribution in [0.3, 0.4) is 0 Å². The van der Waals surface area contributed by atoms with Gasteiger partial charge in [0.05, 0.1) is 12.3 Å². The second-order valence-corrected chi connectivity index (χ2v) is 8.09. The SMILES string of the molecule is C/C=C/COc1cc(C)c(OCCCCc2cccc(C(=NOC)C(C)C)c2)c(C)c1. The van der Waals surface area contributed by atoms with Crippen molar-refractivity contribution in [3.63, 3.8) is 0 Å². The minimum Gasteiger partial charge on any atom is -0.493 e. The monoisotopic (exact) mass is 423 g/mol. The van der Waals surface area contributed by atoms with Crippen LogP contribution in [0.1, 0.15) is 55.9 Å². The summed E-state index contributed by atoms with van der Waals surface area (Å²) in [4.78, 5) is 5.03. The van der Waals surface area contributed by atoms with Gasteiger partial charge in [-0.1, -0.05) is 49.4 Å². The number of benzene rings is 2. The van der Waals surface area contributed by atoms with Crippen LogP contribution in [-0.2, 0) is 11.3 Å². The Labute approximate surface area is 187 Å². The number of aryl methyl sites for hydroxylation is 3. The van der Waals surface area contributed by atoms with E-state index >= 15 is 0 Å². The Balaban J connectivity index is 1.86. The van der Waals surface area contributed by atoms with E-state index in [1.807, 2.05) is 31.2 Å². The molecule has 4 heteroatoms. The molecular weight excluding hydrogens is 386 g/mol. The fourth-order valence-corrected chi connectivity index (χ4v) is 3.54. The van der Waals surface area contributed by atoms with E-state index in [0.717, 1.165) is 53.2 Å². The summed E-state index contributed by atoms with van der Waals surface area (Å²) in [5, 5.41) is 4.21. The highest BCUT2D eigenvalue weighted by atomic mass is 16.6. The first-order chi connectivity index (χ1) is 15.0. The van der Waals surface area contributed by atoms with Crippen LogP contribution in [0.4, 0.5) is 0 Å². The predicted molar refractivity (Wildman–Crippen MR) is 129 cm³/mol. The van der Waals surface area contributed by atoms with Crippen LogP contribution in [0.5, 0.6) is 11.5 Å². The lowest BCUT2D eigenvalue weighted by atomic mass is 9.97. The third kappa shape index (κ3) is 7.78. The molecule has 0 radical (unpaired) electrons. The lowest BCUT2D eigenvalue weighted by Gasteiger charge is -2.14. The van der Waals surface area contributed by atoms with Gasteiger partial charge in [0.15, 0.2) is 0 Å². The maximum atomic E-state index is 6.11. The van der Waals surface area contributed by atoms with Crippen molar-refractivity contribution in [2.45, 2.75) is 53.9 Å². The first-order valence-electron chi connectivity index (χ1n) is 11.1. The summed E-state index contributed by atoms with van der Waals surface area (Å²) in [6.45, 7) is 11.7. The third-order valence-corrected chi connectivity index (χ3v) is 5.08. The number of allylic oxidation sites excluding steroid dienone is 1. The van der Waals surface area contributed by atoms with Gasteiger partial charge in [0.2, 0.25) is 0 Å². The smallest absolute Gasteiger partial charge is 0.125 e. The molecule has 0 amide bonds. The zero-order valence-corrected chi connectivity index (χ0v) is 19.9. The van der Waals surface area contributed by atoms with E-state index in [0.29, 0.717) is 19.1 Å². The molecule has 168 valence electrons. The minimum atomic E-state index is 0.315. The first-order valence-corrected chi connectivity index (χ1v) is 11.1. The molecule has 2 rings (SSSR count). The Morgan fingerprint density at radius 1 is 1.03 bits per heavy atom. The van der Waals surface area contributed by atoms with Gasteiger partial charge in [0, 0.05) is 0 Å². The Morgan fingerprint density at radius 3 is 2.42 bits per heavy atom. The Morgan fingerprint density at radius 2 is 1.77 bits per heavy atom. The van der Waals surface area contributed by atoms with E-state index in [9.17, 15) is 0 Å². The van der Waals surface area contributed by atoms with Crippen molar-refractivity contribution < 1.29 is 14.3 Å². The van der Waals surface area contributed by atoms with Gasteiger partial charge < -0.3 is 14.3 Å². The van der Waals surface area contributed by atoms with Gasteiger partial charge in [0.1, 0.15) is 25.2 Å². The molecule has 0 N–H and O–H groups in total. The van der Waals surface area contributed by atoms with Crippen molar-refractivity contribution in [1.29, 1.82) is 0 Å². The lowest BCUT2D eigenvalue weighted by Crippen LogP contribution is -2.10. The Hall–Kier alpha value is -2.75. The molecule has 0 aliphatic heterocycles. The van der Waals surface area contributed by atoms with Gasteiger partial charge in [-0.05, 0) is 86.4 Å². The summed E-state index contributed by atoms with van der Waals surface area (Å²) in [7, 11) is 1.60. The second-order valence-electron chi connectivity index (χ2n) is 8.09. The molecule has 0 saturated heterocycles. The summed E-state index contributed by atoms with van der Waals surface area (Å²) >= 11 is 0. The van der Waals surface area contributed by atoms with Crippen molar-refractivity contribution in [2.24, 2.45) is 11.1 Å². The average Bonchev–Trinajstić information content (AvgIpc) is 2.73. The largest absolute Gasteiger partial charge is 0.493 e. The summed E-state index contributed by atoms with van der Waals surface area (Å²) in [6.07, 6.45) is 7.09. The second kappa shape index (κ2) is 12.8. The number of rotatable bonds is 12. The molecule has 2 aromatic rings. The summed E-state index contributed by atoms with van der Waals surface area (Å²) in [5.41, 5.74) is 5.66. The van der Waals surface area contributed by atoms with E-state index in [4.69, 9.17) is 14.3 Å². The lowest BCUT2D eigenvalue weighted by molar-refractivity contribution is 0.212. The van der Waals surface area contributed by atoms with Crippen LogP contribution < -0.4 is 9.47 Å². The highest BCUT2D eigenvalue weighted by Crippen LogP contribution is 2.28. The van der Waals surface area contributed by atoms with E-state index in [1.54, 1.807) is 7.11 Å². The molecule has 0 aliphatic carbocycles. The summed E-state index contributed by atoms with van der Waals surface area (Å²) in [5.74, 6) is 2.17. The molecule has 0 bridgehead atoms. The molecule has 0 unspecified atom stereocenters. The van der Waals surface area contributed by atoms with Gasteiger partial charge in [-0.3, -0.25) is 0 Å². The number of oxime groups is 1. The van der Waals surface area contributed by atoms with Crippen molar-refractivity contribution in [2.75, 3.05) is 20.3 Å². The van der Waals surface area contributed by atoms with Crippen LogP contribution in [0.2, 0.25) is 0 Å². The summed E-state index contributed by atoms with van der Waals surface area (Å²) in [6, 6.07) is 12.7.